The van der Waals surface area contributed by atoms with Crippen LogP contribution in [0.15, 0.2) is 24.5 Å². The molecule has 23 heavy (non-hydrogen) atoms. The maximum absolute atomic E-state index is 12.8. The van der Waals surface area contributed by atoms with E-state index in [9.17, 15) is 4.79 Å². The molecule has 3 rings (SSSR count). The van der Waals surface area contributed by atoms with E-state index < -0.39 is 0 Å². The zero-order valence-corrected chi connectivity index (χ0v) is 14.4. The first kappa shape index (κ1) is 16.5. The van der Waals surface area contributed by atoms with E-state index in [1.807, 2.05) is 0 Å². The molecule has 0 bridgehead atoms. The summed E-state index contributed by atoms with van der Waals surface area (Å²) < 4.78 is 2.22. The van der Waals surface area contributed by atoms with Crippen LogP contribution in [0.25, 0.3) is 0 Å². The summed E-state index contributed by atoms with van der Waals surface area (Å²) in [6.07, 6.45) is 8.94. The largest absolute Gasteiger partial charge is 0.353 e. The fourth-order valence-corrected chi connectivity index (χ4v) is 3.74. The highest BCUT2D eigenvalue weighted by atomic mass is 16.2. The van der Waals surface area contributed by atoms with Gasteiger partial charge in [0.2, 0.25) is 5.91 Å². The third-order valence-corrected chi connectivity index (χ3v) is 5.33. The van der Waals surface area contributed by atoms with Gasteiger partial charge in [-0.3, -0.25) is 14.6 Å². The molecule has 0 N–H and O–H groups in total. The van der Waals surface area contributed by atoms with Crippen molar-refractivity contribution in [2.75, 3.05) is 46.3 Å². The van der Waals surface area contributed by atoms with E-state index in [1.165, 1.54) is 19.3 Å². The Labute approximate surface area is 139 Å². The van der Waals surface area contributed by atoms with Crippen LogP contribution in [0.5, 0.6) is 0 Å². The van der Waals surface area contributed by atoms with Crippen molar-refractivity contribution in [2.45, 2.75) is 38.3 Å². The zero-order chi connectivity index (χ0) is 16.1. The van der Waals surface area contributed by atoms with Crippen LogP contribution in [0, 0.1) is 0 Å². The van der Waals surface area contributed by atoms with E-state index in [-0.39, 0.29) is 6.04 Å². The SMILES string of the molecule is CN1CCCCC[C@@H]1C(=O)N1CCN(CCn2cccc2)CC1. The second-order valence-corrected chi connectivity index (χ2v) is 6.93. The van der Waals surface area contributed by atoms with E-state index in [0.29, 0.717) is 5.91 Å². The van der Waals surface area contributed by atoms with E-state index in [4.69, 9.17) is 0 Å². The Kier molecular flexibility index (Phi) is 5.73. The molecule has 128 valence electrons. The average molecular weight is 318 g/mol. The molecule has 0 aliphatic carbocycles. The Morgan fingerprint density at radius 3 is 2.43 bits per heavy atom. The van der Waals surface area contributed by atoms with E-state index in [2.05, 4.69) is 50.8 Å². The maximum atomic E-state index is 12.8. The Morgan fingerprint density at radius 1 is 0.957 bits per heavy atom. The number of piperazine rings is 1. The van der Waals surface area contributed by atoms with Crippen molar-refractivity contribution in [3.63, 3.8) is 0 Å². The molecule has 2 saturated heterocycles. The van der Waals surface area contributed by atoms with Gasteiger partial charge in [0.05, 0.1) is 6.04 Å². The number of rotatable bonds is 4. The smallest absolute Gasteiger partial charge is 0.240 e. The average Bonchev–Trinajstić information content (AvgIpc) is 3.00. The van der Waals surface area contributed by atoms with Gasteiger partial charge in [0.15, 0.2) is 0 Å². The summed E-state index contributed by atoms with van der Waals surface area (Å²) in [5.41, 5.74) is 0. The van der Waals surface area contributed by atoms with Crippen LogP contribution in [0.2, 0.25) is 0 Å². The minimum Gasteiger partial charge on any atom is -0.353 e. The number of nitrogens with zero attached hydrogens (tertiary/aromatic N) is 4. The van der Waals surface area contributed by atoms with Gasteiger partial charge in [-0.25, -0.2) is 0 Å². The Morgan fingerprint density at radius 2 is 1.70 bits per heavy atom. The van der Waals surface area contributed by atoms with Crippen LogP contribution in [0.4, 0.5) is 0 Å². The molecule has 0 spiro atoms. The first-order valence-electron chi connectivity index (χ1n) is 9.06. The lowest BCUT2D eigenvalue weighted by Crippen LogP contribution is -2.54. The van der Waals surface area contributed by atoms with Crippen LogP contribution in [-0.2, 0) is 11.3 Å². The second kappa shape index (κ2) is 7.97. The lowest BCUT2D eigenvalue weighted by Gasteiger charge is -2.38. The third-order valence-electron chi connectivity index (χ3n) is 5.33. The summed E-state index contributed by atoms with van der Waals surface area (Å²) in [6, 6.07) is 4.25. The van der Waals surface area contributed by atoms with Gasteiger partial charge in [0.25, 0.3) is 0 Å². The zero-order valence-electron chi connectivity index (χ0n) is 14.4. The van der Waals surface area contributed by atoms with Crippen LogP contribution in [0.3, 0.4) is 0 Å². The molecule has 0 aromatic carbocycles. The van der Waals surface area contributed by atoms with Crippen LogP contribution in [0.1, 0.15) is 25.7 Å². The molecule has 5 nitrogen and oxygen atoms in total. The van der Waals surface area contributed by atoms with Crippen molar-refractivity contribution < 1.29 is 4.79 Å². The highest BCUT2D eigenvalue weighted by molar-refractivity contribution is 5.82. The van der Waals surface area contributed by atoms with Crippen molar-refractivity contribution in [1.29, 1.82) is 0 Å². The molecule has 2 aliphatic rings. The summed E-state index contributed by atoms with van der Waals surface area (Å²) >= 11 is 0. The molecule has 0 radical (unpaired) electrons. The molecule has 1 amide bonds. The first-order valence-corrected chi connectivity index (χ1v) is 9.06. The monoisotopic (exact) mass is 318 g/mol. The van der Waals surface area contributed by atoms with E-state index in [0.717, 1.165) is 52.2 Å². The molecule has 0 saturated carbocycles. The molecule has 5 heteroatoms. The highest BCUT2D eigenvalue weighted by Crippen LogP contribution is 2.18. The fraction of sp³-hybridized carbons (Fsp3) is 0.722. The summed E-state index contributed by atoms with van der Waals surface area (Å²) in [4.78, 5) is 19.7. The first-order chi connectivity index (χ1) is 11.2. The van der Waals surface area contributed by atoms with Gasteiger partial charge in [-0.15, -0.1) is 0 Å². The second-order valence-electron chi connectivity index (χ2n) is 6.93. The van der Waals surface area contributed by atoms with E-state index in [1.54, 1.807) is 0 Å². The lowest BCUT2D eigenvalue weighted by molar-refractivity contribution is -0.138. The minimum absolute atomic E-state index is 0.115. The van der Waals surface area contributed by atoms with Gasteiger partial charge < -0.3 is 9.47 Å². The van der Waals surface area contributed by atoms with Crippen LogP contribution in [-0.4, -0.2) is 77.5 Å². The summed E-state index contributed by atoms with van der Waals surface area (Å²) in [5, 5.41) is 0. The van der Waals surface area contributed by atoms with Crippen molar-refractivity contribution in [1.82, 2.24) is 19.3 Å². The number of aromatic nitrogens is 1. The quantitative estimate of drug-likeness (QED) is 0.843. The van der Waals surface area contributed by atoms with Crippen molar-refractivity contribution in [3.05, 3.63) is 24.5 Å². The molecule has 2 fully saturated rings. The standard InChI is InChI=1S/C18H30N4O/c1-19-8-4-2-3-7-17(19)18(23)22-15-13-21(14-16-22)12-11-20-9-5-6-10-20/h5-6,9-10,17H,2-4,7-8,11-16H2,1H3/t17-/m1/s1. The predicted octanol–water partition coefficient (Wildman–Crippen LogP) is 1.51. The van der Waals surface area contributed by atoms with Crippen LogP contribution >= 0.6 is 0 Å². The van der Waals surface area contributed by atoms with Crippen molar-refractivity contribution in [3.8, 4) is 0 Å². The molecular weight excluding hydrogens is 288 g/mol. The topological polar surface area (TPSA) is 31.7 Å². The summed E-state index contributed by atoms with van der Waals surface area (Å²) in [6.45, 7) is 6.94. The molecule has 1 atom stereocenters. The van der Waals surface area contributed by atoms with Gasteiger partial charge in [-0.2, -0.15) is 0 Å². The summed E-state index contributed by atoms with van der Waals surface area (Å²) in [5.74, 6) is 0.361. The molecular formula is C18H30N4O. The predicted molar refractivity (Wildman–Crippen MR) is 92.3 cm³/mol. The van der Waals surface area contributed by atoms with Crippen molar-refractivity contribution in [2.24, 2.45) is 0 Å². The minimum atomic E-state index is 0.115. The normalized spacial score (nSPS) is 24.6. The number of likely N-dealkylation sites (tertiary alicyclic amines) is 1. The van der Waals surface area contributed by atoms with Gasteiger partial charge in [-0.1, -0.05) is 12.8 Å². The molecule has 3 heterocycles. The highest BCUT2D eigenvalue weighted by Gasteiger charge is 2.30. The number of hydrogen-bond acceptors (Lipinski definition) is 3. The molecule has 1 aromatic rings. The third kappa shape index (κ3) is 4.36. The molecule has 1 aromatic heterocycles. The number of carbonyl (C=O) groups excluding carboxylic acids is 1. The number of likely N-dealkylation sites (N-methyl/N-ethyl adjacent to an activating group) is 1. The Bertz CT molecular complexity index is 479. The van der Waals surface area contributed by atoms with Gasteiger partial charge in [0, 0.05) is 51.7 Å². The number of carbonyl (C=O) groups is 1. The number of amides is 1. The fourth-order valence-electron chi connectivity index (χ4n) is 3.74. The Hall–Kier alpha value is -1.33. The van der Waals surface area contributed by atoms with Gasteiger partial charge in [0.1, 0.15) is 0 Å². The van der Waals surface area contributed by atoms with Gasteiger partial charge in [-0.05, 0) is 38.6 Å². The number of hydrogen-bond donors (Lipinski definition) is 0. The maximum Gasteiger partial charge on any atom is 0.240 e. The lowest BCUT2D eigenvalue weighted by atomic mass is 10.1. The van der Waals surface area contributed by atoms with Gasteiger partial charge >= 0.3 is 0 Å². The van der Waals surface area contributed by atoms with E-state index >= 15 is 0 Å². The summed E-state index contributed by atoms with van der Waals surface area (Å²) in [7, 11) is 2.11. The Balaban J connectivity index is 1.45. The molecule has 0 unspecified atom stereocenters. The van der Waals surface area contributed by atoms with Crippen molar-refractivity contribution >= 4 is 5.91 Å². The molecule has 2 aliphatic heterocycles. The van der Waals surface area contributed by atoms with Crippen LogP contribution < -0.4 is 0 Å².